The lowest BCUT2D eigenvalue weighted by Crippen LogP contribution is -2.17. The van der Waals surface area contributed by atoms with Crippen molar-refractivity contribution in [1.29, 1.82) is 5.26 Å². The van der Waals surface area contributed by atoms with Crippen molar-refractivity contribution in [2.24, 2.45) is 10.1 Å². The van der Waals surface area contributed by atoms with Crippen LogP contribution in [0.5, 0.6) is 0 Å². The number of sulfonamides is 3. The predicted molar refractivity (Wildman–Crippen MR) is 202 cm³/mol. The minimum absolute atomic E-state index is 0. The van der Waals surface area contributed by atoms with Crippen LogP contribution in [0.3, 0.4) is 0 Å². The summed E-state index contributed by atoms with van der Waals surface area (Å²) in [6.45, 7) is 9.85. The number of carbonyl (C=O) groups is 3. The van der Waals surface area contributed by atoms with Crippen molar-refractivity contribution in [3.8, 4) is 6.07 Å². The number of hydrogen-bond acceptors (Lipinski definition) is 12. The van der Waals surface area contributed by atoms with E-state index in [1.54, 1.807) is 68.4 Å². The van der Waals surface area contributed by atoms with Gasteiger partial charge < -0.3 is 20.1 Å². The molecule has 21 heteroatoms. The van der Waals surface area contributed by atoms with Gasteiger partial charge in [-0.25, -0.2) is 33.0 Å². The first-order chi connectivity index (χ1) is 25.4. The van der Waals surface area contributed by atoms with Gasteiger partial charge in [0.15, 0.2) is 10.7 Å². The normalized spacial score (nSPS) is 16.7. The molecule has 17 nitrogen and oxygen atoms in total. The van der Waals surface area contributed by atoms with Gasteiger partial charge >= 0.3 is 19.9 Å². The number of nitriles is 1. The van der Waals surface area contributed by atoms with E-state index in [0.717, 1.165) is 6.08 Å². The quantitative estimate of drug-likeness (QED) is 0.145. The van der Waals surface area contributed by atoms with Crippen LogP contribution in [0.15, 0.2) is 104 Å². The summed E-state index contributed by atoms with van der Waals surface area (Å²) < 4.78 is 86.2. The first-order valence-electron chi connectivity index (χ1n) is 15.1. The highest BCUT2D eigenvalue weighted by atomic mass is 35.5. The summed E-state index contributed by atoms with van der Waals surface area (Å²) in [6, 6.07) is 20.7. The largest absolute Gasteiger partial charge is 1.00 e. The van der Waals surface area contributed by atoms with Crippen LogP contribution in [0.1, 0.15) is 39.4 Å². The third-order valence-electron chi connectivity index (χ3n) is 6.62. The van der Waals surface area contributed by atoms with Crippen molar-refractivity contribution < 1.29 is 50.5 Å². The maximum Gasteiger partial charge on any atom is 1.00 e. The molecule has 0 spiro atoms. The molecule has 3 aromatic rings. The van der Waals surface area contributed by atoms with Crippen LogP contribution in [0.4, 0.5) is 0 Å². The van der Waals surface area contributed by atoms with Crippen LogP contribution in [-0.2, 0) is 53.9 Å². The molecule has 0 unspecified atom stereocenters. The molecule has 1 amide bonds. The molecular formula is C34H34ClN6O11S3+. The fraction of sp³-hybridized carbons (Fsp3) is 0.176. The zero-order valence-electron chi connectivity index (χ0n) is 29.1. The average molecular weight is 834 g/mol. The van der Waals surface area contributed by atoms with Crippen LogP contribution in [0.25, 0.3) is 16.2 Å². The van der Waals surface area contributed by atoms with Gasteiger partial charge in [-0.05, 0) is 32.0 Å². The van der Waals surface area contributed by atoms with Crippen molar-refractivity contribution in [2.75, 3.05) is 19.8 Å². The Labute approximate surface area is 324 Å². The van der Waals surface area contributed by atoms with E-state index in [1.165, 1.54) is 24.3 Å². The number of nitrogens with one attached hydrogen (secondary N) is 2. The minimum atomic E-state index is -3.73. The first kappa shape index (κ1) is 45.1. The predicted octanol–water partition coefficient (Wildman–Crippen LogP) is 3.17. The van der Waals surface area contributed by atoms with Gasteiger partial charge in [-0.1, -0.05) is 73.6 Å². The fourth-order valence-corrected chi connectivity index (χ4v) is 8.71. The zero-order chi connectivity index (χ0) is 40.3. The molecule has 0 radical (unpaired) electrons. The van der Waals surface area contributed by atoms with E-state index in [1.807, 2.05) is 0 Å². The third-order valence-corrected chi connectivity index (χ3v) is 11.2. The van der Waals surface area contributed by atoms with Crippen LogP contribution < -0.4 is 15.2 Å². The first-order valence-corrected chi connectivity index (χ1v) is 19.9. The summed E-state index contributed by atoms with van der Waals surface area (Å²) in [4.78, 5) is 35.8. The Hall–Kier alpha value is -6.06. The number of halogens is 1. The van der Waals surface area contributed by atoms with E-state index < -0.39 is 47.9 Å². The fourth-order valence-electron chi connectivity index (χ4n) is 4.51. The average Bonchev–Trinajstić information content (AvgIpc) is 3.63. The molecule has 3 aliphatic rings. The number of rotatable bonds is 5. The monoisotopic (exact) mass is 833 g/mol. The Morgan fingerprint density at radius 1 is 0.855 bits per heavy atom. The molecule has 0 atom stereocenters. The van der Waals surface area contributed by atoms with Gasteiger partial charge in [0.05, 0.1) is 39.3 Å². The van der Waals surface area contributed by atoms with Crippen molar-refractivity contribution >= 4 is 76.1 Å². The van der Waals surface area contributed by atoms with Gasteiger partial charge in [0, 0.05) is 22.8 Å². The van der Waals surface area contributed by atoms with E-state index in [9.17, 15) is 39.6 Å². The van der Waals surface area contributed by atoms with Crippen LogP contribution in [-0.4, -0.2) is 68.0 Å². The molecule has 3 heterocycles. The number of hydrogen-bond donors (Lipinski definition) is 3. The van der Waals surface area contributed by atoms with E-state index >= 15 is 0 Å². The Morgan fingerprint density at radius 2 is 1.35 bits per heavy atom. The lowest BCUT2D eigenvalue weighted by molar-refractivity contribution is -0.140. The molecule has 6 rings (SSSR count). The second kappa shape index (κ2) is 19.3. The summed E-state index contributed by atoms with van der Waals surface area (Å²) in [5, 5.41) is 9.08. The lowest BCUT2D eigenvalue weighted by atomic mass is 10.1. The standard InChI is InChI=1S/C12H10N2O4S.C9H8N2O3S.C7H4ClNO2S.C5H7NO2.CH4/c1-2-18-12(15)9(7-13)11-8-5-3-4-6-10(8)19(16,17)14-11;10-9(12)5-7-6-3-1-2-4-8(6)15(13,14)11-7;8-7-5-3-1-2-4-6(5)12(10,11)9-7;1-3-8-5(7)4-6-2;/h3-6,14H,2H2,1H3;1-5,11H,(H2,10,12);1-4H;3-4H2,1H3;1H4/p+1/b11-9+;7-5-;;;. The van der Waals surface area contributed by atoms with Crippen molar-refractivity contribution in [1.82, 2.24) is 9.44 Å². The summed E-state index contributed by atoms with van der Waals surface area (Å²) in [7, 11) is -10.8. The highest BCUT2D eigenvalue weighted by Gasteiger charge is 2.34. The van der Waals surface area contributed by atoms with Gasteiger partial charge in [-0.2, -0.15) is 13.7 Å². The third kappa shape index (κ3) is 11.2. The summed E-state index contributed by atoms with van der Waals surface area (Å²) in [6.07, 6.45) is 1.06. The highest BCUT2D eigenvalue weighted by molar-refractivity contribution is 7.91. The smallest absolute Gasteiger partial charge is 0.462 e. The molecular weight excluding hydrogens is 800 g/mol. The number of fused-ring (bicyclic) bond motifs is 3. The number of esters is 2. The minimum Gasteiger partial charge on any atom is -0.462 e. The Balaban J connectivity index is 0.000000384. The lowest BCUT2D eigenvalue weighted by Gasteiger charge is -2.04. The second-order valence-electron chi connectivity index (χ2n) is 10.2. The van der Waals surface area contributed by atoms with E-state index in [4.69, 9.17) is 33.9 Å². The number of ether oxygens (including phenoxy) is 2. The number of benzene rings is 3. The Morgan fingerprint density at radius 3 is 1.85 bits per heavy atom. The molecule has 0 aromatic heterocycles. The highest BCUT2D eigenvalue weighted by Crippen LogP contribution is 2.32. The van der Waals surface area contributed by atoms with Crippen molar-refractivity contribution in [2.45, 2.75) is 36.0 Å². The second-order valence-corrected chi connectivity index (χ2v) is 15.5. The molecule has 0 saturated heterocycles. The summed E-state index contributed by atoms with van der Waals surface area (Å²) in [5.41, 5.74) is 6.06. The number of nitrogens with two attached hydrogens (primary N) is 1. The molecule has 0 aliphatic carbocycles. The molecule has 55 heavy (non-hydrogen) atoms. The number of nitrogens with zero attached hydrogens (tertiary/aromatic N) is 3. The summed E-state index contributed by atoms with van der Waals surface area (Å²) in [5.74, 6) is -1.98. The van der Waals surface area contributed by atoms with E-state index in [2.05, 4.69) is 23.4 Å². The maximum absolute atomic E-state index is 11.9. The van der Waals surface area contributed by atoms with Crippen LogP contribution in [0, 0.1) is 17.9 Å². The molecule has 0 fully saturated rings. The van der Waals surface area contributed by atoms with Gasteiger partial charge in [0.1, 0.15) is 6.07 Å². The van der Waals surface area contributed by atoms with Gasteiger partial charge in [0.25, 0.3) is 30.1 Å². The molecule has 4 N–H and O–H groups in total. The van der Waals surface area contributed by atoms with Gasteiger partial charge in [0.2, 0.25) is 5.91 Å². The van der Waals surface area contributed by atoms with Crippen LogP contribution in [0.2, 0.25) is 0 Å². The van der Waals surface area contributed by atoms with E-state index in [0.29, 0.717) is 23.3 Å². The number of primary amides is 1. The number of amides is 1. The molecule has 3 aliphatic heterocycles. The van der Waals surface area contributed by atoms with Crippen molar-refractivity contribution in [3.05, 3.63) is 113 Å². The van der Waals surface area contributed by atoms with Crippen LogP contribution >= 0.6 is 11.6 Å². The Bertz CT molecular complexity index is 2510. The topological polar surface area (TPSA) is 263 Å². The molecule has 3 aromatic carbocycles. The zero-order valence-corrected chi connectivity index (χ0v) is 31.3. The SMILES string of the molecule is C.CCOC(=O)/C(C#N)=C1/NS(=O)(=O)c2ccccc21.NC(=O)/C=C1\NS(=O)(=O)c2ccccc21.O=S1(=O)N=C(Cl)c2ccccc21.[C-]#[N+]CC(=O)OCC.[H+]. The van der Waals surface area contributed by atoms with Gasteiger partial charge in [-0.15, -0.1) is 4.40 Å². The van der Waals surface area contributed by atoms with Gasteiger partial charge in [-0.3, -0.25) is 14.2 Å². The molecule has 0 bridgehead atoms. The molecule has 290 valence electrons. The Kier molecular flexibility index (Phi) is 15.8. The van der Waals surface area contributed by atoms with Crippen molar-refractivity contribution in [3.63, 3.8) is 0 Å². The number of carbonyl (C=O) groups excluding carboxylic acids is 3. The molecule has 0 saturated carbocycles. The summed E-state index contributed by atoms with van der Waals surface area (Å²) >= 11 is 5.60. The maximum atomic E-state index is 11.9. The van der Waals surface area contributed by atoms with E-state index in [-0.39, 0.29) is 58.8 Å².